The number of hydrogen-bond acceptors (Lipinski definition) is 4. The lowest BCUT2D eigenvalue weighted by Crippen LogP contribution is -2.48. The number of benzene rings is 2. The standard InChI is InChI=1S/C25H33ClN2O4/c1-17(2)15-27-25(30)18(3)28(16-20-6-10-21(26)11-7-20)24(29)13-9-19-8-12-22(31-4)23(14-19)32-5/h6-8,10-12,14,17-18H,9,13,15-16H2,1-5H3,(H,27,30)/t18-/m1/s1. The van der Waals surface area contributed by atoms with Crippen LogP contribution >= 0.6 is 11.6 Å². The van der Waals surface area contributed by atoms with Gasteiger partial charge in [-0.3, -0.25) is 9.59 Å². The number of rotatable bonds is 11. The van der Waals surface area contributed by atoms with Crippen LogP contribution in [0.15, 0.2) is 42.5 Å². The van der Waals surface area contributed by atoms with Crippen molar-refractivity contribution in [2.45, 2.75) is 46.2 Å². The molecule has 2 aromatic rings. The average molecular weight is 461 g/mol. The fourth-order valence-corrected chi connectivity index (χ4v) is 3.38. The van der Waals surface area contributed by atoms with Crippen molar-refractivity contribution in [3.63, 3.8) is 0 Å². The van der Waals surface area contributed by atoms with Crippen molar-refractivity contribution >= 4 is 23.4 Å². The quantitative estimate of drug-likeness (QED) is 0.536. The van der Waals surface area contributed by atoms with E-state index >= 15 is 0 Å². The van der Waals surface area contributed by atoms with Crippen LogP contribution in [0.25, 0.3) is 0 Å². The van der Waals surface area contributed by atoms with Crippen molar-refractivity contribution in [3.8, 4) is 11.5 Å². The predicted octanol–water partition coefficient (Wildman–Crippen LogP) is 4.48. The summed E-state index contributed by atoms with van der Waals surface area (Å²) in [5, 5.41) is 3.56. The lowest BCUT2D eigenvalue weighted by molar-refractivity contribution is -0.140. The molecule has 0 fully saturated rings. The summed E-state index contributed by atoms with van der Waals surface area (Å²) in [4.78, 5) is 27.5. The minimum atomic E-state index is -0.595. The van der Waals surface area contributed by atoms with Crippen LogP contribution in [0.3, 0.4) is 0 Å². The summed E-state index contributed by atoms with van der Waals surface area (Å²) in [6.45, 7) is 6.73. The molecule has 0 aliphatic heterocycles. The molecule has 0 saturated heterocycles. The third kappa shape index (κ3) is 7.45. The van der Waals surface area contributed by atoms with Gasteiger partial charge in [0.15, 0.2) is 11.5 Å². The lowest BCUT2D eigenvalue weighted by Gasteiger charge is -2.29. The van der Waals surface area contributed by atoms with E-state index in [2.05, 4.69) is 5.32 Å². The van der Waals surface area contributed by atoms with Crippen LogP contribution in [-0.2, 0) is 22.6 Å². The van der Waals surface area contributed by atoms with Gasteiger partial charge in [-0.2, -0.15) is 0 Å². The first-order valence-corrected chi connectivity index (χ1v) is 11.2. The van der Waals surface area contributed by atoms with E-state index in [1.54, 1.807) is 38.2 Å². The van der Waals surface area contributed by atoms with Gasteiger partial charge in [0, 0.05) is 24.5 Å². The van der Waals surface area contributed by atoms with E-state index in [1.807, 2.05) is 44.2 Å². The molecule has 0 radical (unpaired) electrons. The molecule has 32 heavy (non-hydrogen) atoms. The highest BCUT2D eigenvalue weighted by molar-refractivity contribution is 6.30. The summed E-state index contributed by atoms with van der Waals surface area (Å²) in [7, 11) is 3.17. The Morgan fingerprint density at radius 1 is 0.969 bits per heavy atom. The second-order valence-corrected chi connectivity index (χ2v) is 8.59. The van der Waals surface area contributed by atoms with E-state index < -0.39 is 6.04 Å². The highest BCUT2D eigenvalue weighted by atomic mass is 35.5. The van der Waals surface area contributed by atoms with Gasteiger partial charge in [0.2, 0.25) is 11.8 Å². The van der Waals surface area contributed by atoms with E-state index in [4.69, 9.17) is 21.1 Å². The topological polar surface area (TPSA) is 67.9 Å². The first kappa shape index (κ1) is 25.5. The molecule has 6 nitrogen and oxygen atoms in total. The molecular formula is C25H33ClN2O4. The number of hydrogen-bond donors (Lipinski definition) is 1. The van der Waals surface area contributed by atoms with Gasteiger partial charge in [0.25, 0.3) is 0 Å². The van der Waals surface area contributed by atoms with Crippen LogP contribution in [-0.4, -0.2) is 43.5 Å². The van der Waals surface area contributed by atoms with E-state index in [1.165, 1.54) is 0 Å². The molecule has 0 aliphatic rings. The Hall–Kier alpha value is -2.73. The number of halogens is 1. The van der Waals surface area contributed by atoms with E-state index in [9.17, 15) is 9.59 Å². The predicted molar refractivity (Wildman–Crippen MR) is 127 cm³/mol. The van der Waals surface area contributed by atoms with Crippen LogP contribution in [0.5, 0.6) is 11.5 Å². The smallest absolute Gasteiger partial charge is 0.242 e. The zero-order valence-electron chi connectivity index (χ0n) is 19.5. The van der Waals surface area contributed by atoms with Gasteiger partial charge >= 0.3 is 0 Å². The average Bonchev–Trinajstić information content (AvgIpc) is 2.79. The number of amides is 2. The van der Waals surface area contributed by atoms with Crippen LogP contribution in [0, 0.1) is 5.92 Å². The Balaban J connectivity index is 2.15. The van der Waals surface area contributed by atoms with Gasteiger partial charge in [0.1, 0.15) is 6.04 Å². The lowest BCUT2D eigenvalue weighted by atomic mass is 10.1. The first-order chi connectivity index (χ1) is 15.2. The molecule has 0 saturated carbocycles. The molecule has 7 heteroatoms. The molecular weight excluding hydrogens is 428 g/mol. The maximum Gasteiger partial charge on any atom is 0.242 e. The molecule has 1 atom stereocenters. The highest BCUT2D eigenvalue weighted by Crippen LogP contribution is 2.28. The summed E-state index contributed by atoms with van der Waals surface area (Å²) >= 11 is 5.99. The SMILES string of the molecule is COc1ccc(CCC(=O)N(Cc2ccc(Cl)cc2)[C@H](C)C(=O)NCC(C)C)cc1OC. The summed E-state index contributed by atoms with van der Waals surface area (Å²) in [6, 6.07) is 12.3. The molecule has 0 heterocycles. The van der Waals surface area contributed by atoms with Crippen LogP contribution < -0.4 is 14.8 Å². The Morgan fingerprint density at radius 2 is 1.59 bits per heavy atom. The van der Waals surface area contributed by atoms with Gasteiger partial charge in [-0.25, -0.2) is 0 Å². The molecule has 2 aromatic carbocycles. The van der Waals surface area contributed by atoms with Crippen molar-refractivity contribution in [2.75, 3.05) is 20.8 Å². The molecule has 0 aromatic heterocycles. The maximum absolute atomic E-state index is 13.2. The Labute approximate surface area is 195 Å². The number of nitrogens with one attached hydrogen (secondary N) is 1. The largest absolute Gasteiger partial charge is 0.493 e. The van der Waals surface area contributed by atoms with Crippen LogP contribution in [0.2, 0.25) is 5.02 Å². The number of carbonyl (C=O) groups is 2. The molecule has 0 spiro atoms. The molecule has 1 N–H and O–H groups in total. The highest BCUT2D eigenvalue weighted by Gasteiger charge is 2.26. The van der Waals surface area contributed by atoms with Crippen molar-refractivity contribution in [1.29, 1.82) is 0 Å². The Kier molecular flexibility index (Phi) is 9.85. The van der Waals surface area contributed by atoms with E-state index in [-0.39, 0.29) is 18.2 Å². The number of nitrogens with zero attached hydrogens (tertiary/aromatic N) is 1. The minimum absolute atomic E-state index is 0.0954. The van der Waals surface area contributed by atoms with Gasteiger partial charge in [-0.15, -0.1) is 0 Å². The molecule has 0 unspecified atom stereocenters. The van der Waals surface area contributed by atoms with Crippen molar-refractivity contribution in [3.05, 3.63) is 58.6 Å². The molecule has 0 aliphatic carbocycles. The van der Waals surface area contributed by atoms with Gasteiger partial charge in [0.05, 0.1) is 14.2 Å². The van der Waals surface area contributed by atoms with Gasteiger partial charge in [-0.1, -0.05) is 43.6 Å². The Bertz CT molecular complexity index is 899. The van der Waals surface area contributed by atoms with Gasteiger partial charge < -0.3 is 19.7 Å². The van der Waals surface area contributed by atoms with Crippen molar-refractivity contribution in [2.24, 2.45) is 5.92 Å². The summed E-state index contributed by atoms with van der Waals surface area (Å²) in [5.41, 5.74) is 1.87. The Morgan fingerprint density at radius 3 is 2.19 bits per heavy atom. The minimum Gasteiger partial charge on any atom is -0.493 e. The fraction of sp³-hybridized carbons (Fsp3) is 0.440. The number of methoxy groups -OCH3 is 2. The third-order valence-electron chi connectivity index (χ3n) is 5.19. The molecule has 174 valence electrons. The normalized spacial score (nSPS) is 11.7. The maximum atomic E-state index is 13.2. The first-order valence-electron chi connectivity index (χ1n) is 10.8. The van der Waals surface area contributed by atoms with Gasteiger partial charge in [-0.05, 0) is 54.7 Å². The summed E-state index contributed by atoms with van der Waals surface area (Å²) < 4.78 is 10.6. The number of aryl methyl sites for hydroxylation is 1. The van der Waals surface area contributed by atoms with E-state index in [0.717, 1.165) is 11.1 Å². The zero-order valence-corrected chi connectivity index (χ0v) is 20.2. The fourth-order valence-electron chi connectivity index (χ4n) is 3.25. The number of carbonyl (C=O) groups excluding carboxylic acids is 2. The molecule has 2 amide bonds. The second kappa shape index (κ2) is 12.3. The summed E-state index contributed by atoms with van der Waals surface area (Å²) in [5.74, 6) is 1.34. The van der Waals surface area contributed by atoms with Crippen LogP contribution in [0.4, 0.5) is 0 Å². The number of ether oxygens (including phenoxy) is 2. The monoisotopic (exact) mass is 460 g/mol. The second-order valence-electron chi connectivity index (χ2n) is 8.15. The third-order valence-corrected chi connectivity index (χ3v) is 5.45. The van der Waals surface area contributed by atoms with Crippen molar-refractivity contribution < 1.29 is 19.1 Å². The van der Waals surface area contributed by atoms with E-state index in [0.29, 0.717) is 41.9 Å². The molecule has 0 bridgehead atoms. The van der Waals surface area contributed by atoms with Crippen molar-refractivity contribution in [1.82, 2.24) is 10.2 Å². The van der Waals surface area contributed by atoms with Crippen LogP contribution in [0.1, 0.15) is 38.3 Å². The molecule has 2 rings (SSSR count). The zero-order chi connectivity index (χ0) is 23.7. The summed E-state index contributed by atoms with van der Waals surface area (Å²) in [6.07, 6.45) is 0.793.